The number of rotatable bonds is 8. The van der Waals surface area contributed by atoms with Gasteiger partial charge in [0, 0.05) is 24.8 Å². The lowest BCUT2D eigenvalue weighted by molar-refractivity contribution is -0.106. The Balaban J connectivity index is 2.27. The maximum atomic E-state index is 6.16. The molecular weight excluding hydrogens is 324 g/mol. The first-order valence-electron chi connectivity index (χ1n) is 8.21. The van der Waals surface area contributed by atoms with Gasteiger partial charge in [-0.25, -0.2) is 0 Å². The van der Waals surface area contributed by atoms with Crippen LogP contribution in [0.15, 0.2) is 36.4 Å². The van der Waals surface area contributed by atoms with Crippen LogP contribution in [-0.4, -0.2) is 14.2 Å². The summed E-state index contributed by atoms with van der Waals surface area (Å²) in [7, 11) is 3.24. The van der Waals surface area contributed by atoms with Gasteiger partial charge in [-0.1, -0.05) is 43.6 Å². The molecule has 2 aromatic rings. The lowest BCUT2D eigenvalue weighted by Crippen LogP contribution is -2.09. The van der Waals surface area contributed by atoms with Crippen LogP contribution in [-0.2, 0) is 28.9 Å². The van der Waals surface area contributed by atoms with E-state index in [1.165, 1.54) is 11.1 Å². The quantitative estimate of drug-likeness (QED) is 0.603. The molecule has 0 aliphatic carbocycles. The van der Waals surface area contributed by atoms with Gasteiger partial charge in [-0.2, -0.15) is 0 Å². The maximum absolute atomic E-state index is 6.16. The summed E-state index contributed by atoms with van der Waals surface area (Å²) in [6.45, 7) is 4.69. The summed E-state index contributed by atoms with van der Waals surface area (Å²) < 4.78 is 16.9. The second kappa shape index (κ2) is 9.07. The zero-order valence-electron chi connectivity index (χ0n) is 14.8. The highest BCUT2D eigenvalue weighted by Crippen LogP contribution is 2.28. The van der Waals surface area contributed by atoms with Gasteiger partial charge in [-0.3, -0.25) is 0 Å². The van der Waals surface area contributed by atoms with Crippen molar-refractivity contribution in [2.75, 3.05) is 14.2 Å². The highest BCUT2D eigenvalue weighted by Gasteiger charge is 2.15. The summed E-state index contributed by atoms with van der Waals surface area (Å²) in [6, 6.07) is 12.1. The molecule has 0 bridgehead atoms. The van der Waals surface area contributed by atoms with E-state index in [9.17, 15) is 0 Å². The van der Waals surface area contributed by atoms with Gasteiger partial charge in [0.1, 0.15) is 12.4 Å². The molecule has 130 valence electrons. The molecule has 0 amide bonds. The van der Waals surface area contributed by atoms with E-state index in [1.54, 1.807) is 14.2 Å². The van der Waals surface area contributed by atoms with Crippen molar-refractivity contribution in [1.29, 1.82) is 0 Å². The number of ether oxygens (including phenoxy) is 3. The minimum Gasteiger partial charge on any atom is -0.489 e. The molecule has 0 aliphatic rings. The number of aryl methyl sites for hydroxylation is 2. The highest BCUT2D eigenvalue weighted by atomic mass is 35.5. The molecular formula is C20H25ClO3. The van der Waals surface area contributed by atoms with Gasteiger partial charge >= 0.3 is 0 Å². The van der Waals surface area contributed by atoms with Crippen LogP contribution in [0.4, 0.5) is 0 Å². The van der Waals surface area contributed by atoms with Gasteiger partial charge in [-0.05, 0) is 47.7 Å². The largest absolute Gasteiger partial charge is 0.489 e. The van der Waals surface area contributed by atoms with E-state index in [2.05, 4.69) is 32.0 Å². The van der Waals surface area contributed by atoms with Crippen LogP contribution in [0, 0.1) is 0 Å². The first-order valence-corrected chi connectivity index (χ1v) is 8.59. The number of halogens is 1. The van der Waals surface area contributed by atoms with Crippen molar-refractivity contribution in [1.82, 2.24) is 0 Å². The number of hydrogen-bond acceptors (Lipinski definition) is 3. The molecule has 0 spiro atoms. The first kappa shape index (κ1) is 18.8. The molecule has 0 saturated heterocycles. The summed E-state index contributed by atoms with van der Waals surface area (Å²) >= 11 is 6.16. The molecule has 24 heavy (non-hydrogen) atoms. The maximum Gasteiger partial charge on any atom is 0.183 e. The van der Waals surface area contributed by atoms with Gasteiger partial charge in [0.05, 0.1) is 0 Å². The van der Waals surface area contributed by atoms with E-state index in [-0.39, 0.29) is 0 Å². The highest BCUT2D eigenvalue weighted by molar-refractivity contribution is 6.30. The second-order valence-corrected chi connectivity index (χ2v) is 6.02. The van der Waals surface area contributed by atoms with Crippen LogP contribution in [0.3, 0.4) is 0 Å². The summed E-state index contributed by atoms with van der Waals surface area (Å²) in [5, 5.41) is 0.668. The molecule has 0 saturated carbocycles. The first-order chi connectivity index (χ1) is 11.6. The summed E-state index contributed by atoms with van der Waals surface area (Å²) in [4.78, 5) is 0. The van der Waals surface area contributed by atoms with Crippen molar-refractivity contribution in [3.8, 4) is 5.75 Å². The number of hydrogen-bond donors (Lipinski definition) is 0. The Kier molecular flexibility index (Phi) is 7.10. The average molecular weight is 349 g/mol. The summed E-state index contributed by atoms with van der Waals surface area (Å²) in [6.07, 6.45) is 1.48. The topological polar surface area (TPSA) is 27.7 Å². The van der Waals surface area contributed by atoms with Gasteiger partial charge in [0.15, 0.2) is 6.29 Å². The molecule has 3 nitrogen and oxygen atoms in total. The fourth-order valence-electron chi connectivity index (χ4n) is 2.68. The Morgan fingerprint density at radius 1 is 0.917 bits per heavy atom. The lowest BCUT2D eigenvalue weighted by Gasteiger charge is -2.19. The molecule has 0 atom stereocenters. The fraction of sp³-hybridized carbons (Fsp3) is 0.400. The number of methoxy groups -OCH3 is 2. The summed E-state index contributed by atoms with van der Waals surface area (Å²) in [5.74, 6) is 0.925. The molecule has 4 heteroatoms. The monoisotopic (exact) mass is 348 g/mol. The predicted molar refractivity (Wildman–Crippen MR) is 97.7 cm³/mol. The van der Waals surface area contributed by atoms with Crippen LogP contribution >= 0.6 is 11.6 Å². The van der Waals surface area contributed by atoms with E-state index in [0.717, 1.165) is 29.7 Å². The molecule has 2 rings (SSSR count). The standard InChI is InChI=1S/C20H25ClO3/c1-5-14-7-8-15(6-2)19(11-14)24-13-16-12-17(21)9-10-18(16)20(22-3)23-4/h7-12,20H,5-6,13H2,1-4H3. The minimum atomic E-state index is -0.437. The normalized spacial score (nSPS) is 11.1. The van der Waals surface area contributed by atoms with Gasteiger partial charge < -0.3 is 14.2 Å². The Hall–Kier alpha value is -1.55. The van der Waals surface area contributed by atoms with E-state index < -0.39 is 6.29 Å². The zero-order valence-corrected chi connectivity index (χ0v) is 15.5. The van der Waals surface area contributed by atoms with Crippen LogP contribution < -0.4 is 4.74 Å². The number of benzene rings is 2. The second-order valence-electron chi connectivity index (χ2n) is 5.58. The van der Waals surface area contributed by atoms with Crippen molar-refractivity contribution in [2.45, 2.75) is 39.6 Å². The molecule has 0 N–H and O–H groups in total. The Morgan fingerprint density at radius 2 is 1.67 bits per heavy atom. The smallest absolute Gasteiger partial charge is 0.183 e. The molecule has 0 aromatic heterocycles. The molecule has 0 aliphatic heterocycles. The third-order valence-electron chi connectivity index (χ3n) is 4.09. The molecule has 2 aromatic carbocycles. The molecule has 0 radical (unpaired) electrons. The summed E-state index contributed by atoms with van der Waals surface area (Å²) in [5.41, 5.74) is 4.35. The zero-order chi connectivity index (χ0) is 17.5. The minimum absolute atomic E-state index is 0.416. The van der Waals surface area contributed by atoms with Gasteiger partial charge in [0.2, 0.25) is 0 Å². The molecule has 0 unspecified atom stereocenters. The third kappa shape index (κ3) is 4.50. The Morgan fingerprint density at radius 3 is 2.29 bits per heavy atom. The van der Waals surface area contributed by atoms with Crippen LogP contribution in [0.25, 0.3) is 0 Å². The molecule has 0 heterocycles. The van der Waals surface area contributed by atoms with E-state index in [1.807, 2.05) is 18.2 Å². The molecule has 0 fully saturated rings. The van der Waals surface area contributed by atoms with Crippen LogP contribution in [0.5, 0.6) is 5.75 Å². The van der Waals surface area contributed by atoms with E-state index in [4.69, 9.17) is 25.8 Å². The van der Waals surface area contributed by atoms with Crippen molar-refractivity contribution >= 4 is 11.6 Å². The van der Waals surface area contributed by atoms with Crippen molar-refractivity contribution in [3.05, 3.63) is 63.7 Å². The Bertz CT molecular complexity index is 666. The van der Waals surface area contributed by atoms with Crippen LogP contribution in [0.2, 0.25) is 5.02 Å². The SMILES string of the molecule is CCc1ccc(CC)c(OCc2cc(Cl)ccc2C(OC)OC)c1. The Labute approximate surface area is 149 Å². The van der Waals surface area contributed by atoms with E-state index >= 15 is 0 Å². The van der Waals surface area contributed by atoms with Crippen molar-refractivity contribution in [2.24, 2.45) is 0 Å². The predicted octanol–water partition coefficient (Wildman–Crippen LogP) is 5.34. The van der Waals surface area contributed by atoms with Crippen molar-refractivity contribution < 1.29 is 14.2 Å². The lowest BCUT2D eigenvalue weighted by atomic mass is 10.1. The van der Waals surface area contributed by atoms with Crippen LogP contribution in [0.1, 0.15) is 42.4 Å². The van der Waals surface area contributed by atoms with E-state index in [0.29, 0.717) is 11.6 Å². The average Bonchev–Trinajstić information content (AvgIpc) is 2.62. The van der Waals surface area contributed by atoms with Gasteiger partial charge in [0.25, 0.3) is 0 Å². The van der Waals surface area contributed by atoms with Crippen molar-refractivity contribution in [3.63, 3.8) is 0 Å². The van der Waals surface area contributed by atoms with Gasteiger partial charge in [-0.15, -0.1) is 0 Å². The fourth-order valence-corrected chi connectivity index (χ4v) is 2.87. The third-order valence-corrected chi connectivity index (χ3v) is 4.33.